The molecule has 7 heteroatoms. The zero-order chi connectivity index (χ0) is 21.7. The van der Waals surface area contributed by atoms with Gasteiger partial charge in [-0.1, -0.05) is 53.0 Å². The maximum Gasteiger partial charge on any atom is 0.251 e. The third kappa shape index (κ3) is 5.60. The molecule has 1 aromatic heterocycles. The standard InChI is InChI=1S/C23H24N2O4S/c1-15-3-6-18(7-4-15)20-9-17(14-30(28)29)10-21(11-20)23(27)25-22(13-26)19-8-5-16(2)24-12-19/h3-12,22,26H,13-14H2,1-2H3,(H,25,27)(H,28,29)/p-1/t22-/m1/s1. The fourth-order valence-corrected chi connectivity index (χ4v) is 3.56. The van der Waals surface area contributed by atoms with Crippen LogP contribution in [0, 0.1) is 13.8 Å². The Morgan fingerprint density at radius 2 is 1.83 bits per heavy atom. The minimum atomic E-state index is -2.28. The largest absolute Gasteiger partial charge is 0.772 e. The van der Waals surface area contributed by atoms with Gasteiger partial charge in [0.25, 0.3) is 5.91 Å². The van der Waals surface area contributed by atoms with Crippen LogP contribution in [0.4, 0.5) is 0 Å². The molecule has 3 aromatic rings. The van der Waals surface area contributed by atoms with Crippen LogP contribution in [0.1, 0.15) is 38.8 Å². The van der Waals surface area contributed by atoms with E-state index in [4.69, 9.17) is 0 Å². The van der Waals surface area contributed by atoms with Crippen molar-refractivity contribution in [3.63, 3.8) is 0 Å². The average molecular weight is 424 g/mol. The number of carbonyl (C=O) groups is 1. The molecule has 30 heavy (non-hydrogen) atoms. The van der Waals surface area contributed by atoms with Crippen molar-refractivity contribution in [2.45, 2.75) is 25.6 Å². The lowest BCUT2D eigenvalue weighted by molar-refractivity contribution is 0.0916. The van der Waals surface area contributed by atoms with Gasteiger partial charge in [-0.25, -0.2) is 0 Å². The van der Waals surface area contributed by atoms with Crippen molar-refractivity contribution in [2.75, 3.05) is 6.61 Å². The van der Waals surface area contributed by atoms with Gasteiger partial charge in [0.15, 0.2) is 0 Å². The lowest BCUT2D eigenvalue weighted by Crippen LogP contribution is -2.31. The molecular weight excluding hydrogens is 400 g/mol. The van der Waals surface area contributed by atoms with E-state index in [-0.39, 0.29) is 12.4 Å². The van der Waals surface area contributed by atoms with Gasteiger partial charge < -0.3 is 15.0 Å². The highest BCUT2D eigenvalue weighted by Crippen LogP contribution is 2.24. The summed E-state index contributed by atoms with van der Waals surface area (Å²) < 4.78 is 22.5. The predicted molar refractivity (Wildman–Crippen MR) is 116 cm³/mol. The van der Waals surface area contributed by atoms with Crippen molar-refractivity contribution in [3.8, 4) is 11.1 Å². The van der Waals surface area contributed by atoms with E-state index in [9.17, 15) is 18.7 Å². The van der Waals surface area contributed by atoms with E-state index in [1.54, 1.807) is 30.5 Å². The summed E-state index contributed by atoms with van der Waals surface area (Å²) in [6.07, 6.45) is 1.62. The first-order valence-corrected chi connectivity index (χ1v) is 10.7. The van der Waals surface area contributed by atoms with Crippen LogP contribution in [0.15, 0.2) is 60.8 Å². The Bertz CT molecular complexity index is 1050. The van der Waals surface area contributed by atoms with Crippen molar-refractivity contribution < 1.29 is 18.7 Å². The summed E-state index contributed by atoms with van der Waals surface area (Å²) >= 11 is -2.28. The Hall–Kier alpha value is -2.87. The number of carbonyl (C=O) groups excluding carboxylic acids is 1. The summed E-state index contributed by atoms with van der Waals surface area (Å²) in [4.78, 5) is 17.1. The summed E-state index contributed by atoms with van der Waals surface area (Å²) in [7, 11) is 0. The number of aromatic nitrogens is 1. The minimum absolute atomic E-state index is 0.189. The van der Waals surface area contributed by atoms with Crippen LogP contribution in [-0.2, 0) is 16.8 Å². The summed E-state index contributed by atoms with van der Waals surface area (Å²) in [5.74, 6) is -0.591. The van der Waals surface area contributed by atoms with Crippen molar-refractivity contribution in [1.29, 1.82) is 0 Å². The second kappa shape index (κ2) is 9.75. The average Bonchev–Trinajstić information content (AvgIpc) is 2.72. The lowest BCUT2D eigenvalue weighted by Gasteiger charge is -2.18. The molecule has 6 nitrogen and oxygen atoms in total. The third-order valence-corrected chi connectivity index (χ3v) is 5.32. The number of nitrogens with zero attached hydrogens (tertiary/aromatic N) is 1. The summed E-state index contributed by atoms with van der Waals surface area (Å²) in [5, 5.41) is 12.6. The van der Waals surface area contributed by atoms with Gasteiger partial charge in [-0.3, -0.25) is 14.0 Å². The van der Waals surface area contributed by atoms with Gasteiger partial charge in [-0.05, 0) is 54.3 Å². The Morgan fingerprint density at radius 1 is 1.10 bits per heavy atom. The fraction of sp³-hybridized carbons (Fsp3) is 0.217. The van der Waals surface area contributed by atoms with Crippen LogP contribution in [0.3, 0.4) is 0 Å². The number of aryl methyl sites for hydroxylation is 2. The molecule has 0 aliphatic rings. The van der Waals surface area contributed by atoms with E-state index in [1.165, 1.54) is 0 Å². The van der Waals surface area contributed by atoms with Crippen molar-refractivity contribution in [1.82, 2.24) is 10.3 Å². The Labute approximate surface area is 178 Å². The van der Waals surface area contributed by atoms with Crippen LogP contribution in [0.25, 0.3) is 11.1 Å². The maximum absolute atomic E-state index is 12.9. The van der Waals surface area contributed by atoms with E-state index in [0.29, 0.717) is 16.7 Å². The van der Waals surface area contributed by atoms with Gasteiger partial charge in [0.05, 0.1) is 12.6 Å². The van der Waals surface area contributed by atoms with Crippen molar-refractivity contribution in [2.24, 2.45) is 0 Å². The van der Waals surface area contributed by atoms with Crippen molar-refractivity contribution in [3.05, 3.63) is 88.7 Å². The van der Waals surface area contributed by atoms with Crippen LogP contribution in [0.5, 0.6) is 0 Å². The number of hydrogen-bond acceptors (Lipinski definition) is 5. The number of hydrogen-bond donors (Lipinski definition) is 2. The van der Waals surface area contributed by atoms with Crippen LogP contribution in [0.2, 0.25) is 0 Å². The molecule has 0 radical (unpaired) electrons. The Kier molecular flexibility index (Phi) is 7.10. The summed E-state index contributed by atoms with van der Waals surface area (Å²) in [6.45, 7) is 3.55. The van der Waals surface area contributed by atoms with E-state index >= 15 is 0 Å². The number of rotatable bonds is 7. The van der Waals surface area contributed by atoms with E-state index in [2.05, 4.69) is 10.3 Å². The molecule has 0 aliphatic carbocycles. The molecule has 1 amide bonds. The molecular formula is C23H23N2O4S-. The Balaban J connectivity index is 1.93. The molecule has 0 aliphatic heterocycles. The molecule has 1 unspecified atom stereocenters. The highest BCUT2D eigenvalue weighted by Gasteiger charge is 2.17. The second-order valence-electron chi connectivity index (χ2n) is 7.17. The molecule has 0 bridgehead atoms. The molecule has 156 valence electrons. The zero-order valence-corrected chi connectivity index (χ0v) is 17.6. The number of amides is 1. The first-order valence-electron chi connectivity index (χ1n) is 9.47. The molecule has 3 rings (SSSR count). The number of aliphatic hydroxyl groups excluding tert-OH is 1. The van der Waals surface area contributed by atoms with Crippen molar-refractivity contribution >= 4 is 17.0 Å². The summed E-state index contributed by atoms with van der Waals surface area (Å²) in [5.41, 5.74) is 5.10. The molecule has 2 atom stereocenters. The van der Waals surface area contributed by atoms with E-state index in [1.807, 2.05) is 44.2 Å². The number of aliphatic hydroxyl groups is 1. The van der Waals surface area contributed by atoms with Gasteiger partial charge in [-0.15, -0.1) is 0 Å². The molecule has 0 spiro atoms. The lowest BCUT2D eigenvalue weighted by atomic mass is 9.98. The first-order chi connectivity index (χ1) is 14.4. The van der Waals surface area contributed by atoms with E-state index in [0.717, 1.165) is 22.4 Å². The molecule has 2 N–H and O–H groups in total. The first kappa shape index (κ1) is 21.8. The van der Waals surface area contributed by atoms with Crippen LogP contribution >= 0.6 is 0 Å². The van der Waals surface area contributed by atoms with Crippen LogP contribution in [-0.4, -0.2) is 31.4 Å². The quantitative estimate of drug-likeness (QED) is 0.568. The molecule has 1 heterocycles. The monoisotopic (exact) mass is 423 g/mol. The number of pyridine rings is 1. The smallest absolute Gasteiger partial charge is 0.251 e. The third-order valence-electron chi connectivity index (χ3n) is 4.75. The predicted octanol–water partition coefficient (Wildman–Crippen LogP) is 3.21. The fourth-order valence-electron chi connectivity index (χ4n) is 3.12. The van der Waals surface area contributed by atoms with Gasteiger partial charge >= 0.3 is 0 Å². The molecule has 2 aromatic carbocycles. The number of benzene rings is 2. The topological polar surface area (TPSA) is 102 Å². The highest BCUT2D eigenvalue weighted by molar-refractivity contribution is 7.78. The van der Waals surface area contributed by atoms with Gasteiger partial charge in [0.1, 0.15) is 0 Å². The minimum Gasteiger partial charge on any atom is -0.772 e. The number of nitrogens with one attached hydrogen (secondary N) is 1. The Morgan fingerprint density at radius 3 is 2.43 bits per heavy atom. The summed E-state index contributed by atoms with van der Waals surface area (Å²) in [6, 6.07) is 15.8. The molecule has 0 saturated carbocycles. The van der Waals surface area contributed by atoms with Crippen LogP contribution < -0.4 is 5.32 Å². The normalized spacial score (nSPS) is 12.9. The molecule has 0 saturated heterocycles. The zero-order valence-electron chi connectivity index (χ0n) is 16.8. The molecule has 0 fully saturated rings. The second-order valence-corrected chi connectivity index (χ2v) is 8.07. The van der Waals surface area contributed by atoms with Gasteiger partial charge in [0.2, 0.25) is 0 Å². The maximum atomic E-state index is 12.9. The van der Waals surface area contributed by atoms with E-state index < -0.39 is 23.0 Å². The SMILES string of the molecule is Cc1ccc(-c2cc(CS(=O)[O-])cc(C(=O)N[C@H](CO)c3ccc(C)nc3)c2)cc1. The van der Waals surface area contributed by atoms with Gasteiger partial charge in [0, 0.05) is 23.2 Å². The van der Waals surface area contributed by atoms with Gasteiger partial charge in [-0.2, -0.15) is 0 Å². The highest BCUT2D eigenvalue weighted by atomic mass is 32.2.